The van der Waals surface area contributed by atoms with Crippen molar-refractivity contribution in [1.82, 2.24) is 0 Å². The van der Waals surface area contributed by atoms with Crippen LogP contribution in [-0.2, 0) is 23.9 Å². The molecule has 0 heterocycles. The number of rotatable bonds is 5. The molecule has 0 rings (SSSR count). The van der Waals surface area contributed by atoms with Gasteiger partial charge in [0.15, 0.2) is 0 Å². The molecule has 0 saturated heterocycles. The van der Waals surface area contributed by atoms with E-state index in [0.717, 1.165) is 0 Å². The van der Waals surface area contributed by atoms with Crippen molar-refractivity contribution in [2.45, 2.75) is 19.8 Å². The van der Waals surface area contributed by atoms with Gasteiger partial charge in [0.05, 0.1) is 12.8 Å². The van der Waals surface area contributed by atoms with Crippen molar-refractivity contribution in [3.63, 3.8) is 0 Å². The zero-order valence-electron chi connectivity index (χ0n) is 7.11. The first-order valence-corrected chi connectivity index (χ1v) is 3.53. The Kier molecular flexibility index (Phi) is 5.25. The number of esters is 2. The zero-order chi connectivity index (χ0) is 10.3. The second-order valence-corrected chi connectivity index (χ2v) is 2.16. The molecule has 0 aliphatic heterocycles. The molecule has 74 valence electrons. The molecular formula is C7H10O6. The zero-order valence-corrected chi connectivity index (χ0v) is 7.11. The SMILES string of the molecule is CC(=O)OCOC(=O)CCC(=O)O. The molecule has 13 heavy (non-hydrogen) atoms. The van der Waals surface area contributed by atoms with E-state index in [-0.39, 0.29) is 12.8 Å². The Balaban J connectivity index is 3.41. The van der Waals surface area contributed by atoms with Gasteiger partial charge in [0.25, 0.3) is 0 Å². The van der Waals surface area contributed by atoms with Crippen LogP contribution < -0.4 is 0 Å². The lowest BCUT2D eigenvalue weighted by Crippen LogP contribution is -2.11. The van der Waals surface area contributed by atoms with Crippen molar-refractivity contribution in [2.24, 2.45) is 0 Å². The second-order valence-electron chi connectivity index (χ2n) is 2.16. The average Bonchev–Trinajstić information content (AvgIpc) is 2.00. The van der Waals surface area contributed by atoms with Crippen molar-refractivity contribution in [3.05, 3.63) is 0 Å². The normalized spacial score (nSPS) is 9.00. The number of hydrogen-bond donors (Lipinski definition) is 1. The van der Waals surface area contributed by atoms with Crippen LogP contribution in [0, 0.1) is 0 Å². The molecule has 0 spiro atoms. The lowest BCUT2D eigenvalue weighted by atomic mass is 10.3. The summed E-state index contributed by atoms with van der Waals surface area (Å²) < 4.78 is 8.65. The summed E-state index contributed by atoms with van der Waals surface area (Å²) in [6, 6.07) is 0. The predicted molar refractivity (Wildman–Crippen MR) is 39.6 cm³/mol. The summed E-state index contributed by atoms with van der Waals surface area (Å²) in [7, 11) is 0. The standard InChI is InChI=1S/C7H10O6/c1-5(8)12-4-13-7(11)3-2-6(9)10/h2-4H2,1H3,(H,9,10). The van der Waals surface area contributed by atoms with Crippen LogP contribution in [0.4, 0.5) is 0 Å². The molecule has 0 saturated carbocycles. The molecule has 0 aromatic rings. The lowest BCUT2D eigenvalue weighted by molar-refractivity contribution is -0.166. The van der Waals surface area contributed by atoms with Crippen molar-refractivity contribution in [1.29, 1.82) is 0 Å². The summed E-state index contributed by atoms with van der Waals surface area (Å²) in [5, 5.41) is 8.18. The molecule has 0 amide bonds. The van der Waals surface area contributed by atoms with Gasteiger partial charge in [0.1, 0.15) is 0 Å². The molecular weight excluding hydrogens is 180 g/mol. The number of carbonyl (C=O) groups excluding carboxylic acids is 2. The fourth-order valence-electron chi connectivity index (χ4n) is 0.459. The molecule has 0 radical (unpaired) electrons. The van der Waals surface area contributed by atoms with Crippen LogP contribution in [0.3, 0.4) is 0 Å². The molecule has 0 aliphatic rings. The number of carbonyl (C=O) groups is 3. The van der Waals surface area contributed by atoms with Crippen molar-refractivity contribution < 1.29 is 29.0 Å². The number of carboxylic acid groups (broad SMARTS) is 1. The van der Waals surface area contributed by atoms with E-state index in [0.29, 0.717) is 0 Å². The van der Waals surface area contributed by atoms with E-state index in [4.69, 9.17) is 5.11 Å². The molecule has 0 atom stereocenters. The third-order valence-electron chi connectivity index (χ3n) is 1.03. The predicted octanol–water partition coefficient (Wildman–Crippen LogP) is -0.0850. The highest BCUT2D eigenvalue weighted by Crippen LogP contribution is 1.92. The Morgan fingerprint density at radius 2 is 1.77 bits per heavy atom. The van der Waals surface area contributed by atoms with Crippen LogP contribution in [0.5, 0.6) is 0 Å². The highest BCUT2D eigenvalue weighted by Gasteiger charge is 2.06. The smallest absolute Gasteiger partial charge is 0.309 e. The van der Waals surface area contributed by atoms with Gasteiger partial charge in [-0.2, -0.15) is 0 Å². The quantitative estimate of drug-likeness (QED) is 0.481. The van der Waals surface area contributed by atoms with Gasteiger partial charge < -0.3 is 14.6 Å². The van der Waals surface area contributed by atoms with Crippen LogP contribution in [0.1, 0.15) is 19.8 Å². The van der Waals surface area contributed by atoms with Crippen molar-refractivity contribution >= 4 is 17.9 Å². The fraction of sp³-hybridized carbons (Fsp3) is 0.571. The molecule has 0 aromatic heterocycles. The van der Waals surface area contributed by atoms with Crippen LogP contribution in [0.2, 0.25) is 0 Å². The molecule has 6 heteroatoms. The average molecular weight is 190 g/mol. The Bertz CT molecular complexity index is 209. The largest absolute Gasteiger partial charge is 0.481 e. The first-order valence-electron chi connectivity index (χ1n) is 3.53. The van der Waals surface area contributed by atoms with Gasteiger partial charge in [0, 0.05) is 6.92 Å². The van der Waals surface area contributed by atoms with Gasteiger partial charge in [-0.15, -0.1) is 0 Å². The minimum atomic E-state index is -1.08. The van der Waals surface area contributed by atoms with E-state index in [1.165, 1.54) is 6.92 Å². The number of ether oxygens (including phenoxy) is 2. The number of aliphatic carboxylic acids is 1. The van der Waals surface area contributed by atoms with Crippen LogP contribution in [0.15, 0.2) is 0 Å². The van der Waals surface area contributed by atoms with E-state index in [1.807, 2.05) is 0 Å². The summed E-state index contributed by atoms with van der Waals surface area (Å²) >= 11 is 0. The van der Waals surface area contributed by atoms with Crippen molar-refractivity contribution in [2.75, 3.05) is 6.79 Å². The van der Waals surface area contributed by atoms with Crippen LogP contribution in [0.25, 0.3) is 0 Å². The monoisotopic (exact) mass is 190 g/mol. The minimum Gasteiger partial charge on any atom is -0.481 e. The fourth-order valence-corrected chi connectivity index (χ4v) is 0.459. The Labute approximate surface area is 74.4 Å². The maximum absolute atomic E-state index is 10.7. The third-order valence-corrected chi connectivity index (χ3v) is 1.03. The molecule has 0 aromatic carbocycles. The van der Waals surface area contributed by atoms with Crippen LogP contribution >= 0.6 is 0 Å². The highest BCUT2D eigenvalue weighted by molar-refractivity contribution is 5.76. The molecule has 1 N–H and O–H groups in total. The maximum atomic E-state index is 10.7. The molecule has 0 unspecified atom stereocenters. The summed E-state index contributed by atoms with van der Waals surface area (Å²) in [6.45, 7) is 0.707. The third kappa shape index (κ3) is 8.32. The maximum Gasteiger partial charge on any atom is 0.309 e. The highest BCUT2D eigenvalue weighted by atomic mass is 16.7. The van der Waals surface area contributed by atoms with Gasteiger partial charge in [-0.05, 0) is 0 Å². The van der Waals surface area contributed by atoms with Crippen LogP contribution in [-0.4, -0.2) is 29.8 Å². The van der Waals surface area contributed by atoms with E-state index < -0.39 is 24.7 Å². The molecule has 0 bridgehead atoms. The van der Waals surface area contributed by atoms with Gasteiger partial charge in [-0.1, -0.05) is 0 Å². The van der Waals surface area contributed by atoms with E-state index in [9.17, 15) is 14.4 Å². The Morgan fingerprint density at radius 1 is 1.15 bits per heavy atom. The summed E-state index contributed by atoms with van der Waals surface area (Å²) in [5.74, 6) is -2.35. The summed E-state index contributed by atoms with van der Waals surface area (Å²) in [4.78, 5) is 30.8. The second kappa shape index (κ2) is 5.99. The van der Waals surface area contributed by atoms with E-state index in [1.54, 1.807) is 0 Å². The van der Waals surface area contributed by atoms with Gasteiger partial charge in [-0.25, -0.2) is 0 Å². The molecule has 0 aliphatic carbocycles. The van der Waals surface area contributed by atoms with E-state index in [2.05, 4.69) is 9.47 Å². The Hall–Kier alpha value is -1.59. The van der Waals surface area contributed by atoms with Gasteiger partial charge in [0.2, 0.25) is 6.79 Å². The summed E-state index contributed by atoms with van der Waals surface area (Å²) in [6.07, 6.45) is -0.518. The van der Waals surface area contributed by atoms with Gasteiger partial charge >= 0.3 is 17.9 Å². The topological polar surface area (TPSA) is 89.9 Å². The number of carboxylic acids is 1. The van der Waals surface area contributed by atoms with Gasteiger partial charge in [-0.3, -0.25) is 14.4 Å². The number of hydrogen-bond acceptors (Lipinski definition) is 5. The lowest BCUT2D eigenvalue weighted by Gasteiger charge is -2.02. The van der Waals surface area contributed by atoms with E-state index >= 15 is 0 Å². The first-order chi connectivity index (χ1) is 6.02. The minimum absolute atomic E-state index is 0.226. The molecule has 0 fully saturated rings. The Morgan fingerprint density at radius 3 is 2.23 bits per heavy atom. The summed E-state index contributed by atoms with van der Waals surface area (Å²) in [5.41, 5.74) is 0. The van der Waals surface area contributed by atoms with Crippen molar-refractivity contribution in [3.8, 4) is 0 Å². The first kappa shape index (κ1) is 11.4. The molecule has 6 nitrogen and oxygen atoms in total.